The number of anilines is 1. The molecular formula is C33H42FN5O6. The summed E-state index contributed by atoms with van der Waals surface area (Å²) >= 11 is 0. The summed E-state index contributed by atoms with van der Waals surface area (Å²) in [5.74, 6) is -2.22. The summed E-state index contributed by atoms with van der Waals surface area (Å²) in [6.07, 6.45) is 4.21. The Balaban J connectivity index is 0.980. The highest BCUT2D eigenvalue weighted by Gasteiger charge is 2.45. The number of piperidine rings is 1. The number of unbranched alkanes of at least 4 members (excludes halogenated alkanes) is 3. The second-order valence-corrected chi connectivity index (χ2v) is 11.9. The first kappa shape index (κ1) is 32.5. The first-order valence-corrected chi connectivity index (χ1v) is 15.8. The fourth-order valence-electron chi connectivity index (χ4n) is 5.97. The van der Waals surface area contributed by atoms with Crippen LogP contribution in [0.5, 0.6) is 5.75 Å². The molecule has 3 aliphatic rings. The van der Waals surface area contributed by atoms with Gasteiger partial charge in [0.05, 0.1) is 30.0 Å². The van der Waals surface area contributed by atoms with Crippen LogP contribution in [0.2, 0.25) is 0 Å². The summed E-state index contributed by atoms with van der Waals surface area (Å²) < 4.78 is 26.9. The zero-order valence-electron chi connectivity index (χ0n) is 25.8. The summed E-state index contributed by atoms with van der Waals surface area (Å²) in [6.45, 7) is 7.30. The number of piperazine rings is 1. The molecule has 0 saturated carbocycles. The van der Waals surface area contributed by atoms with E-state index in [0.717, 1.165) is 54.5 Å². The maximum Gasteiger partial charge on any atom is 0.262 e. The molecule has 11 nitrogen and oxygen atoms in total. The normalized spacial score (nSPS) is 19.6. The first-order valence-electron chi connectivity index (χ1n) is 15.8. The molecule has 45 heavy (non-hydrogen) atoms. The van der Waals surface area contributed by atoms with Gasteiger partial charge in [0.15, 0.2) is 0 Å². The molecule has 242 valence electrons. The Labute approximate surface area is 262 Å². The van der Waals surface area contributed by atoms with Crippen LogP contribution in [0.4, 0.5) is 10.1 Å². The molecule has 2 saturated heterocycles. The van der Waals surface area contributed by atoms with Gasteiger partial charge >= 0.3 is 0 Å². The van der Waals surface area contributed by atoms with Crippen LogP contribution < -0.4 is 20.7 Å². The molecule has 0 aliphatic carbocycles. The summed E-state index contributed by atoms with van der Waals surface area (Å²) in [7, 11) is 0. The highest BCUT2D eigenvalue weighted by molar-refractivity contribution is 6.23. The maximum absolute atomic E-state index is 15.2. The van der Waals surface area contributed by atoms with Gasteiger partial charge < -0.3 is 20.1 Å². The zero-order valence-corrected chi connectivity index (χ0v) is 25.8. The van der Waals surface area contributed by atoms with Crippen LogP contribution >= 0.6 is 0 Å². The number of halogens is 1. The van der Waals surface area contributed by atoms with E-state index in [-0.39, 0.29) is 35.7 Å². The van der Waals surface area contributed by atoms with E-state index in [2.05, 4.69) is 10.2 Å². The van der Waals surface area contributed by atoms with Crippen molar-refractivity contribution in [3.8, 4) is 5.75 Å². The minimum absolute atomic E-state index is 0.0109. The van der Waals surface area contributed by atoms with E-state index >= 15 is 4.39 Å². The minimum Gasteiger partial charge on any atom is -0.494 e. The zero-order chi connectivity index (χ0) is 31.9. The lowest BCUT2D eigenvalue weighted by Crippen LogP contribution is -2.54. The number of ether oxygens (including phenoxy) is 2. The number of carbonyl (C=O) groups is 4. The number of fused-ring (bicyclic) bond motifs is 1. The Morgan fingerprint density at radius 3 is 2.36 bits per heavy atom. The van der Waals surface area contributed by atoms with Gasteiger partial charge in [-0.2, -0.15) is 0 Å². The topological polar surface area (TPSA) is 135 Å². The van der Waals surface area contributed by atoms with Crippen molar-refractivity contribution in [3.05, 3.63) is 58.9 Å². The molecule has 4 amide bonds. The fraction of sp³-hybridized carbons (Fsp3) is 0.515. The largest absolute Gasteiger partial charge is 0.494 e. The third-order valence-electron chi connectivity index (χ3n) is 8.61. The molecule has 2 fully saturated rings. The SMILES string of the molecule is C[C@@H](N)c1cccc(OCCCCCCOCCN2CCN(c3cc4c(cc3F)C(=O)N(C3CCC(=O)NC3=O)C4=O)CC2)c1. The molecule has 3 heterocycles. The second-order valence-electron chi connectivity index (χ2n) is 11.9. The lowest BCUT2D eigenvalue weighted by molar-refractivity contribution is -0.136. The average molecular weight is 624 g/mol. The molecule has 3 aliphatic heterocycles. The van der Waals surface area contributed by atoms with E-state index in [0.29, 0.717) is 46.0 Å². The molecule has 5 rings (SSSR count). The van der Waals surface area contributed by atoms with Gasteiger partial charge in [0.1, 0.15) is 17.6 Å². The van der Waals surface area contributed by atoms with Gasteiger partial charge in [-0.3, -0.25) is 34.3 Å². The lowest BCUT2D eigenvalue weighted by atomic mass is 10.0. The van der Waals surface area contributed by atoms with Gasteiger partial charge in [-0.05, 0) is 62.4 Å². The van der Waals surface area contributed by atoms with Gasteiger partial charge in [0, 0.05) is 51.8 Å². The highest BCUT2D eigenvalue weighted by Crippen LogP contribution is 2.33. The van der Waals surface area contributed by atoms with Gasteiger partial charge in [-0.1, -0.05) is 18.6 Å². The Hall–Kier alpha value is -3.87. The number of nitrogens with one attached hydrogen (secondary N) is 1. The minimum atomic E-state index is -1.08. The van der Waals surface area contributed by atoms with E-state index in [1.807, 2.05) is 36.1 Å². The van der Waals surface area contributed by atoms with Crippen molar-refractivity contribution in [2.24, 2.45) is 5.73 Å². The van der Waals surface area contributed by atoms with Crippen molar-refractivity contribution in [2.45, 2.75) is 57.5 Å². The third kappa shape index (κ3) is 7.86. The molecule has 2 atom stereocenters. The van der Waals surface area contributed by atoms with E-state index < -0.39 is 35.5 Å². The number of nitrogens with two attached hydrogens (primary N) is 1. The van der Waals surface area contributed by atoms with E-state index in [1.54, 1.807) is 0 Å². The highest BCUT2D eigenvalue weighted by atomic mass is 19.1. The first-order chi connectivity index (χ1) is 21.7. The lowest BCUT2D eigenvalue weighted by Gasteiger charge is -2.36. The number of hydrogen-bond acceptors (Lipinski definition) is 9. The fourth-order valence-corrected chi connectivity index (χ4v) is 5.97. The number of rotatable bonds is 14. The summed E-state index contributed by atoms with van der Waals surface area (Å²) in [5.41, 5.74) is 7.29. The van der Waals surface area contributed by atoms with Gasteiger partial charge in [-0.15, -0.1) is 0 Å². The number of carbonyl (C=O) groups excluding carboxylic acids is 4. The summed E-state index contributed by atoms with van der Waals surface area (Å²) in [5, 5.41) is 2.17. The molecule has 0 radical (unpaired) electrons. The van der Waals surface area contributed by atoms with Crippen LogP contribution in [-0.2, 0) is 14.3 Å². The van der Waals surface area contributed by atoms with Crippen molar-refractivity contribution in [3.63, 3.8) is 0 Å². The van der Waals surface area contributed by atoms with E-state index in [4.69, 9.17) is 15.2 Å². The Bertz CT molecular complexity index is 1410. The van der Waals surface area contributed by atoms with Gasteiger partial charge in [0.25, 0.3) is 11.8 Å². The van der Waals surface area contributed by atoms with Crippen LogP contribution in [0.25, 0.3) is 0 Å². The van der Waals surface area contributed by atoms with Crippen LogP contribution in [-0.4, -0.2) is 92.0 Å². The molecule has 1 unspecified atom stereocenters. The molecular weight excluding hydrogens is 581 g/mol. The molecule has 0 aromatic heterocycles. The number of imide groups is 2. The van der Waals surface area contributed by atoms with Crippen LogP contribution in [0.3, 0.4) is 0 Å². The predicted molar refractivity (Wildman–Crippen MR) is 166 cm³/mol. The van der Waals surface area contributed by atoms with Crippen molar-refractivity contribution < 1.29 is 33.0 Å². The Morgan fingerprint density at radius 2 is 1.64 bits per heavy atom. The number of benzene rings is 2. The average Bonchev–Trinajstić information content (AvgIpc) is 3.26. The molecule has 12 heteroatoms. The molecule has 0 bridgehead atoms. The molecule has 0 spiro atoms. The summed E-state index contributed by atoms with van der Waals surface area (Å²) in [4.78, 5) is 54.9. The molecule has 2 aromatic rings. The quantitative estimate of drug-likeness (QED) is 0.241. The van der Waals surface area contributed by atoms with Crippen molar-refractivity contribution in [1.82, 2.24) is 15.1 Å². The van der Waals surface area contributed by atoms with Crippen LogP contribution in [0, 0.1) is 5.82 Å². The van der Waals surface area contributed by atoms with Gasteiger partial charge in [0.2, 0.25) is 11.8 Å². The predicted octanol–water partition coefficient (Wildman–Crippen LogP) is 3.02. The van der Waals surface area contributed by atoms with Crippen LogP contribution in [0.15, 0.2) is 36.4 Å². The van der Waals surface area contributed by atoms with E-state index in [9.17, 15) is 19.2 Å². The third-order valence-corrected chi connectivity index (χ3v) is 8.61. The smallest absolute Gasteiger partial charge is 0.262 e. The second kappa shape index (κ2) is 14.9. The van der Waals surface area contributed by atoms with E-state index in [1.165, 1.54) is 6.07 Å². The number of nitrogens with zero attached hydrogens (tertiary/aromatic N) is 3. The Morgan fingerprint density at radius 1 is 0.933 bits per heavy atom. The van der Waals surface area contributed by atoms with Crippen molar-refractivity contribution in [1.29, 1.82) is 0 Å². The molecule has 3 N–H and O–H groups in total. The maximum atomic E-state index is 15.2. The van der Waals surface area contributed by atoms with Crippen LogP contribution in [0.1, 0.15) is 77.8 Å². The number of amides is 4. The standard InChI is InChI=1S/C33H42FN5O6/c1-22(35)23-7-6-8-24(19-23)45-17-5-3-2-4-16-44-18-15-37-11-13-38(14-12-37)29-21-26-25(20-27(29)34)32(42)39(33(26)43)28-9-10-30(40)36-31(28)41/h6-8,19-22,28H,2-5,9-18,35H2,1H3,(H,36,40,41)/t22-,28?/m1/s1. The van der Waals surface area contributed by atoms with Crippen molar-refractivity contribution >= 4 is 29.3 Å². The van der Waals surface area contributed by atoms with Gasteiger partial charge in [-0.25, -0.2) is 4.39 Å². The molecule has 2 aromatic carbocycles. The van der Waals surface area contributed by atoms with Crippen molar-refractivity contribution in [2.75, 3.05) is 57.4 Å². The number of hydrogen-bond donors (Lipinski definition) is 2. The Kier molecular flexibility index (Phi) is 10.8. The monoisotopic (exact) mass is 623 g/mol. The summed E-state index contributed by atoms with van der Waals surface area (Å²) in [6, 6.07) is 9.34.